The average Bonchev–Trinajstić information content (AvgIpc) is 2.46. The second kappa shape index (κ2) is 5.80. The van der Waals surface area contributed by atoms with E-state index in [4.69, 9.17) is 0 Å². The van der Waals surface area contributed by atoms with Gasteiger partial charge in [-0.2, -0.15) is 0 Å². The Kier molecular flexibility index (Phi) is 3.89. The van der Waals surface area contributed by atoms with Crippen LogP contribution < -0.4 is 10.3 Å². The third-order valence-corrected chi connectivity index (χ3v) is 4.58. The second-order valence-electron chi connectivity index (χ2n) is 5.13. The first kappa shape index (κ1) is 12.8. The van der Waals surface area contributed by atoms with E-state index in [2.05, 4.69) is 21.8 Å². The van der Waals surface area contributed by atoms with Crippen LogP contribution >= 0.6 is 11.9 Å². The largest absolute Gasteiger partial charge is 0.322 e. The molecule has 0 spiro atoms. The molecule has 1 aliphatic rings. The van der Waals surface area contributed by atoms with Gasteiger partial charge in [-0.1, -0.05) is 19.3 Å². The molecule has 0 aliphatic heterocycles. The summed E-state index contributed by atoms with van der Waals surface area (Å²) in [6.07, 6.45) is 6.64. The minimum atomic E-state index is -0.0479. The van der Waals surface area contributed by atoms with Crippen molar-refractivity contribution in [2.24, 2.45) is 0 Å². The molecular weight excluding hydrogens is 256 g/mol. The molecule has 1 heterocycles. The number of benzene rings is 1. The highest BCUT2D eigenvalue weighted by Crippen LogP contribution is 2.24. The zero-order valence-corrected chi connectivity index (χ0v) is 11.6. The van der Waals surface area contributed by atoms with Crippen LogP contribution in [0, 0.1) is 0 Å². The normalized spacial score (nSPS) is 16.8. The van der Waals surface area contributed by atoms with Crippen molar-refractivity contribution in [2.75, 3.05) is 0 Å². The lowest BCUT2D eigenvalue weighted by atomic mass is 9.96. The first-order chi connectivity index (χ1) is 9.31. The van der Waals surface area contributed by atoms with Gasteiger partial charge in [0.15, 0.2) is 0 Å². The predicted molar refractivity (Wildman–Crippen MR) is 80.4 cm³/mol. The molecule has 4 heteroatoms. The first-order valence-electron chi connectivity index (χ1n) is 6.87. The van der Waals surface area contributed by atoms with Gasteiger partial charge in [-0.05, 0) is 54.4 Å². The molecular formula is C15H18N2OS. The van der Waals surface area contributed by atoms with Gasteiger partial charge in [-0.25, -0.2) is 0 Å². The van der Waals surface area contributed by atoms with Crippen molar-refractivity contribution in [1.29, 1.82) is 0 Å². The standard InChI is InChI=1S/C15H18N2OS/c18-15-9-6-11-10-13(7-8-14(11)16-15)19-17-12-4-2-1-3-5-12/h6-10,12,17H,1-5H2,(H,16,18). The molecule has 0 radical (unpaired) electrons. The summed E-state index contributed by atoms with van der Waals surface area (Å²) in [5.74, 6) is 0. The molecule has 3 rings (SSSR count). The van der Waals surface area contributed by atoms with E-state index in [1.165, 1.54) is 37.0 Å². The molecule has 2 aromatic rings. The maximum Gasteiger partial charge on any atom is 0.248 e. The fourth-order valence-corrected chi connectivity index (χ4v) is 3.43. The molecule has 1 saturated carbocycles. The predicted octanol–water partition coefficient (Wildman–Crippen LogP) is 3.46. The van der Waals surface area contributed by atoms with Crippen molar-refractivity contribution in [3.8, 4) is 0 Å². The van der Waals surface area contributed by atoms with E-state index < -0.39 is 0 Å². The Morgan fingerprint density at radius 3 is 2.79 bits per heavy atom. The molecule has 1 fully saturated rings. The zero-order chi connectivity index (χ0) is 13.1. The average molecular weight is 274 g/mol. The SMILES string of the molecule is O=c1ccc2cc(SNC3CCCCC3)ccc2[nH]1. The van der Waals surface area contributed by atoms with Gasteiger partial charge in [-0.15, -0.1) is 0 Å². The van der Waals surface area contributed by atoms with Crippen LogP contribution in [0.5, 0.6) is 0 Å². The number of aromatic nitrogens is 1. The molecule has 1 aliphatic carbocycles. The number of hydrogen-bond donors (Lipinski definition) is 2. The quantitative estimate of drug-likeness (QED) is 0.843. The van der Waals surface area contributed by atoms with Crippen molar-refractivity contribution in [3.63, 3.8) is 0 Å². The molecule has 0 unspecified atom stereocenters. The monoisotopic (exact) mass is 274 g/mol. The maximum absolute atomic E-state index is 11.2. The molecule has 3 nitrogen and oxygen atoms in total. The lowest BCUT2D eigenvalue weighted by Gasteiger charge is -2.22. The van der Waals surface area contributed by atoms with Gasteiger partial charge in [0, 0.05) is 22.5 Å². The molecule has 19 heavy (non-hydrogen) atoms. The van der Waals surface area contributed by atoms with E-state index in [-0.39, 0.29) is 5.56 Å². The lowest BCUT2D eigenvalue weighted by Crippen LogP contribution is -2.25. The van der Waals surface area contributed by atoms with Gasteiger partial charge in [0.1, 0.15) is 0 Å². The van der Waals surface area contributed by atoms with Crippen LogP contribution in [0.25, 0.3) is 10.9 Å². The van der Waals surface area contributed by atoms with Crippen LogP contribution in [0.2, 0.25) is 0 Å². The zero-order valence-electron chi connectivity index (χ0n) is 10.8. The minimum Gasteiger partial charge on any atom is -0.322 e. The minimum absolute atomic E-state index is 0.0479. The van der Waals surface area contributed by atoms with E-state index in [0.717, 1.165) is 10.9 Å². The fraction of sp³-hybridized carbons (Fsp3) is 0.400. The van der Waals surface area contributed by atoms with Gasteiger partial charge in [-0.3, -0.25) is 9.52 Å². The summed E-state index contributed by atoms with van der Waals surface area (Å²) < 4.78 is 3.56. The van der Waals surface area contributed by atoms with Gasteiger partial charge in [0.25, 0.3) is 0 Å². The van der Waals surface area contributed by atoms with Crippen molar-refractivity contribution in [2.45, 2.75) is 43.0 Å². The highest BCUT2D eigenvalue weighted by Gasteiger charge is 2.12. The molecule has 1 aromatic carbocycles. The van der Waals surface area contributed by atoms with E-state index in [1.807, 2.05) is 12.1 Å². The molecule has 0 bridgehead atoms. The third kappa shape index (κ3) is 3.19. The highest BCUT2D eigenvalue weighted by atomic mass is 32.2. The number of pyridine rings is 1. The third-order valence-electron chi connectivity index (χ3n) is 3.64. The van der Waals surface area contributed by atoms with Gasteiger partial charge < -0.3 is 4.98 Å². The molecule has 0 atom stereocenters. The summed E-state index contributed by atoms with van der Waals surface area (Å²) in [5.41, 5.74) is 0.850. The van der Waals surface area contributed by atoms with Crippen LogP contribution in [0.15, 0.2) is 40.0 Å². The highest BCUT2D eigenvalue weighted by molar-refractivity contribution is 7.97. The number of H-pyrrole nitrogens is 1. The van der Waals surface area contributed by atoms with Crippen LogP contribution in [0.1, 0.15) is 32.1 Å². The van der Waals surface area contributed by atoms with Crippen molar-refractivity contribution >= 4 is 22.9 Å². The van der Waals surface area contributed by atoms with Crippen LogP contribution in [-0.2, 0) is 0 Å². The summed E-state index contributed by atoms with van der Waals surface area (Å²) in [6.45, 7) is 0. The summed E-state index contributed by atoms with van der Waals surface area (Å²) in [7, 11) is 0. The van der Waals surface area contributed by atoms with Crippen molar-refractivity contribution in [1.82, 2.24) is 9.71 Å². The Morgan fingerprint density at radius 2 is 1.95 bits per heavy atom. The lowest BCUT2D eigenvalue weighted by molar-refractivity contribution is 0.423. The Morgan fingerprint density at radius 1 is 1.11 bits per heavy atom. The molecule has 2 N–H and O–H groups in total. The van der Waals surface area contributed by atoms with Crippen LogP contribution in [-0.4, -0.2) is 11.0 Å². The fourth-order valence-electron chi connectivity index (χ4n) is 2.57. The Bertz CT molecular complexity index is 617. The number of nitrogens with one attached hydrogen (secondary N) is 2. The topological polar surface area (TPSA) is 44.9 Å². The Labute approximate surface area is 116 Å². The smallest absolute Gasteiger partial charge is 0.248 e. The van der Waals surface area contributed by atoms with Crippen molar-refractivity contribution < 1.29 is 0 Å². The Balaban J connectivity index is 1.70. The number of hydrogen-bond acceptors (Lipinski definition) is 3. The number of fused-ring (bicyclic) bond motifs is 1. The molecule has 1 aromatic heterocycles. The Hall–Kier alpha value is -1.26. The van der Waals surface area contributed by atoms with E-state index in [1.54, 1.807) is 18.0 Å². The van der Waals surface area contributed by atoms with E-state index in [0.29, 0.717) is 6.04 Å². The van der Waals surface area contributed by atoms with Crippen LogP contribution in [0.4, 0.5) is 0 Å². The van der Waals surface area contributed by atoms with Gasteiger partial charge in [0.05, 0.1) is 0 Å². The summed E-state index contributed by atoms with van der Waals surface area (Å²) in [5, 5.41) is 1.08. The van der Waals surface area contributed by atoms with E-state index >= 15 is 0 Å². The first-order valence-corrected chi connectivity index (χ1v) is 7.68. The van der Waals surface area contributed by atoms with Gasteiger partial charge >= 0.3 is 0 Å². The maximum atomic E-state index is 11.2. The van der Waals surface area contributed by atoms with E-state index in [9.17, 15) is 4.79 Å². The number of rotatable bonds is 3. The molecule has 0 saturated heterocycles. The summed E-state index contributed by atoms with van der Waals surface area (Å²) in [6, 6.07) is 10.2. The summed E-state index contributed by atoms with van der Waals surface area (Å²) >= 11 is 1.70. The second-order valence-corrected chi connectivity index (χ2v) is 6.04. The van der Waals surface area contributed by atoms with Crippen LogP contribution in [0.3, 0.4) is 0 Å². The molecule has 0 amide bonds. The summed E-state index contributed by atoms with van der Waals surface area (Å²) in [4.78, 5) is 15.3. The molecule has 100 valence electrons. The van der Waals surface area contributed by atoms with Crippen molar-refractivity contribution in [3.05, 3.63) is 40.7 Å². The van der Waals surface area contributed by atoms with Gasteiger partial charge in [0.2, 0.25) is 5.56 Å². The number of aromatic amines is 1.